The van der Waals surface area contributed by atoms with Crippen molar-refractivity contribution in [3.8, 4) is 0 Å². The van der Waals surface area contributed by atoms with E-state index in [1.54, 1.807) is 0 Å². The van der Waals surface area contributed by atoms with Gasteiger partial charge in [0.15, 0.2) is 0 Å². The van der Waals surface area contributed by atoms with E-state index in [-0.39, 0.29) is 12.6 Å². The van der Waals surface area contributed by atoms with E-state index in [1.807, 2.05) is 0 Å². The molecule has 0 heterocycles. The highest BCUT2D eigenvalue weighted by Gasteiger charge is 2.13. The number of hydrogen-bond acceptors (Lipinski definition) is 4. The predicted octanol–water partition coefficient (Wildman–Crippen LogP) is 15.5. The van der Waals surface area contributed by atoms with Gasteiger partial charge in [-0.1, -0.05) is 224 Å². The Morgan fingerprint density at radius 3 is 1.19 bits per heavy atom. The standard InChI is InChI=1S/C48H92O4/c1-3-5-7-9-11-13-15-17-19-20-21-22-23-24-25-26-27-28-29-30-32-34-36-38-40-42-44-51-46-47(45-49)52-48(50)43-41-39-37-35-33-31-18-16-14-12-10-8-6-4-2/h15,17,20-21,47,49H,3-14,16,18-19,22-46H2,1-2H3/b17-15-,21-20-. The van der Waals surface area contributed by atoms with Gasteiger partial charge in [-0.3, -0.25) is 4.79 Å². The molecule has 0 bridgehead atoms. The first-order valence-corrected chi connectivity index (χ1v) is 23.4. The van der Waals surface area contributed by atoms with E-state index in [4.69, 9.17) is 9.47 Å². The summed E-state index contributed by atoms with van der Waals surface area (Å²) in [5.74, 6) is -0.196. The number of allylic oxidation sites excluding steroid dienone is 4. The summed E-state index contributed by atoms with van der Waals surface area (Å²) >= 11 is 0. The van der Waals surface area contributed by atoms with Crippen LogP contribution in [0.15, 0.2) is 24.3 Å². The monoisotopic (exact) mass is 733 g/mol. The molecule has 4 nitrogen and oxygen atoms in total. The second kappa shape index (κ2) is 46.0. The van der Waals surface area contributed by atoms with Crippen LogP contribution in [0.4, 0.5) is 0 Å². The largest absolute Gasteiger partial charge is 0.457 e. The molecular weight excluding hydrogens is 641 g/mol. The first kappa shape index (κ1) is 50.9. The summed E-state index contributed by atoms with van der Waals surface area (Å²) in [7, 11) is 0. The van der Waals surface area contributed by atoms with Crippen LogP contribution in [0, 0.1) is 0 Å². The molecule has 0 radical (unpaired) electrons. The second-order valence-corrected chi connectivity index (χ2v) is 15.8. The molecule has 0 aliphatic heterocycles. The molecular formula is C48H92O4. The number of carbonyl (C=O) groups is 1. The van der Waals surface area contributed by atoms with E-state index < -0.39 is 6.10 Å². The molecule has 1 N–H and O–H groups in total. The Bertz CT molecular complexity index is 732. The van der Waals surface area contributed by atoms with Gasteiger partial charge in [0.1, 0.15) is 6.10 Å². The molecule has 0 aromatic heterocycles. The summed E-state index contributed by atoms with van der Waals surface area (Å²) in [5.41, 5.74) is 0. The van der Waals surface area contributed by atoms with E-state index in [0.717, 1.165) is 25.7 Å². The first-order valence-electron chi connectivity index (χ1n) is 23.4. The number of esters is 1. The van der Waals surface area contributed by atoms with Crippen LogP contribution < -0.4 is 0 Å². The SMILES string of the molecule is CCCCCCC/C=C\C/C=C\CCCCCCCCCCCCCCCCOCC(CO)OC(=O)CCCCCCCCCCCCCCCC. The van der Waals surface area contributed by atoms with Crippen molar-refractivity contribution in [1.82, 2.24) is 0 Å². The van der Waals surface area contributed by atoms with Gasteiger partial charge in [0.2, 0.25) is 0 Å². The molecule has 1 atom stereocenters. The minimum atomic E-state index is -0.529. The van der Waals surface area contributed by atoms with Crippen molar-refractivity contribution in [2.75, 3.05) is 19.8 Å². The van der Waals surface area contributed by atoms with Crippen molar-refractivity contribution in [1.29, 1.82) is 0 Å². The molecule has 0 rings (SSSR count). The number of aliphatic hydroxyl groups is 1. The molecule has 0 saturated carbocycles. The van der Waals surface area contributed by atoms with E-state index in [9.17, 15) is 9.90 Å². The zero-order chi connectivity index (χ0) is 37.7. The minimum absolute atomic E-state index is 0.167. The molecule has 0 aromatic carbocycles. The number of aliphatic hydroxyl groups excluding tert-OH is 1. The summed E-state index contributed by atoms with van der Waals surface area (Å²) in [5, 5.41) is 9.61. The predicted molar refractivity (Wildman–Crippen MR) is 228 cm³/mol. The summed E-state index contributed by atoms with van der Waals surface area (Å²) in [6, 6.07) is 0. The summed E-state index contributed by atoms with van der Waals surface area (Å²) < 4.78 is 11.2. The Hall–Kier alpha value is -1.13. The molecule has 1 unspecified atom stereocenters. The fourth-order valence-corrected chi connectivity index (χ4v) is 7.01. The van der Waals surface area contributed by atoms with Gasteiger partial charge in [0.25, 0.3) is 0 Å². The van der Waals surface area contributed by atoms with E-state index >= 15 is 0 Å². The highest BCUT2D eigenvalue weighted by molar-refractivity contribution is 5.69. The molecule has 0 aliphatic rings. The van der Waals surface area contributed by atoms with Crippen LogP contribution in [0.25, 0.3) is 0 Å². The van der Waals surface area contributed by atoms with Crippen molar-refractivity contribution in [3.63, 3.8) is 0 Å². The third-order valence-corrected chi connectivity index (χ3v) is 10.5. The molecule has 52 heavy (non-hydrogen) atoms. The average molecular weight is 733 g/mol. The zero-order valence-corrected chi connectivity index (χ0v) is 35.3. The Kier molecular flexibility index (Phi) is 45.0. The Morgan fingerprint density at radius 1 is 0.462 bits per heavy atom. The number of rotatable bonds is 44. The molecule has 4 heteroatoms. The van der Waals surface area contributed by atoms with Crippen LogP contribution in [0.1, 0.15) is 251 Å². The third kappa shape index (κ3) is 43.3. The molecule has 0 saturated heterocycles. The molecule has 0 aliphatic carbocycles. The number of unbranched alkanes of at least 4 members (excludes halogenated alkanes) is 32. The lowest BCUT2D eigenvalue weighted by Crippen LogP contribution is -2.27. The molecule has 0 aromatic rings. The number of carbonyl (C=O) groups excluding carboxylic acids is 1. The smallest absolute Gasteiger partial charge is 0.306 e. The average Bonchev–Trinajstić information content (AvgIpc) is 3.15. The Balaban J connectivity index is 3.36. The van der Waals surface area contributed by atoms with Crippen LogP contribution in [-0.4, -0.2) is 37.0 Å². The van der Waals surface area contributed by atoms with Gasteiger partial charge >= 0.3 is 5.97 Å². The van der Waals surface area contributed by atoms with Crippen LogP contribution in [0.5, 0.6) is 0 Å². The van der Waals surface area contributed by atoms with Crippen LogP contribution in [0.2, 0.25) is 0 Å². The molecule has 0 spiro atoms. The topological polar surface area (TPSA) is 55.8 Å². The van der Waals surface area contributed by atoms with E-state index in [1.165, 1.54) is 205 Å². The maximum Gasteiger partial charge on any atom is 0.306 e. The summed E-state index contributed by atoms with van der Waals surface area (Å²) in [6.45, 7) is 5.37. The van der Waals surface area contributed by atoms with Gasteiger partial charge in [-0.05, 0) is 44.9 Å². The quantitative estimate of drug-likeness (QED) is 0.0385. The fourth-order valence-electron chi connectivity index (χ4n) is 7.01. The van der Waals surface area contributed by atoms with Gasteiger partial charge in [-0.2, -0.15) is 0 Å². The van der Waals surface area contributed by atoms with Crippen molar-refractivity contribution in [2.45, 2.75) is 258 Å². The van der Waals surface area contributed by atoms with Gasteiger partial charge in [0, 0.05) is 13.0 Å². The van der Waals surface area contributed by atoms with Crippen LogP contribution >= 0.6 is 0 Å². The van der Waals surface area contributed by atoms with Gasteiger partial charge in [-0.15, -0.1) is 0 Å². The van der Waals surface area contributed by atoms with E-state index in [0.29, 0.717) is 19.6 Å². The van der Waals surface area contributed by atoms with Crippen molar-refractivity contribution in [2.24, 2.45) is 0 Å². The fraction of sp³-hybridized carbons (Fsp3) is 0.896. The lowest BCUT2D eigenvalue weighted by atomic mass is 10.0. The summed E-state index contributed by atoms with van der Waals surface area (Å²) in [4.78, 5) is 12.2. The highest BCUT2D eigenvalue weighted by atomic mass is 16.6. The molecule has 0 fully saturated rings. The maximum atomic E-state index is 12.2. The molecule has 308 valence electrons. The van der Waals surface area contributed by atoms with Crippen molar-refractivity contribution < 1.29 is 19.4 Å². The normalized spacial score (nSPS) is 12.4. The van der Waals surface area contributed by atoms with E-state index in [2.05, 4.69) is 38.2 Å². The summed E-state index contributed by atoms with van der Waals surface area (Å²) in [6.07, 6.45) is 56.8. The Labute approximate surface area is 326 Å². The highest BCUT2D eigenvalue weighted by Crippen LogP contribution is 2.15. The van der Waals surface area contributed by atoms with Crippen LogP contribution in [-0.2, 0) is 14.3 Å². The van der Waals surface area contributed by atoms with Gasteiger partial charge < -0.3 is 14.6 Å². The van der Waals surface area contributed by atoms with Crippen molar-refractivity contribution in [3.05, 3.63) is 24.3 Å². The minimum Gasteiger partial charge on any atom is -0.457 e. The van der Waals surface area contributed by atoms with Crippen LogP contribution in [0.3, 0.4) is 0 Å². The molecule has 0 amide bonds. The lowest BCUT2D eigenvalue weighted by molar-refractivity contribution is -0.154. The zero-order valence-electron chi connectivity index (χ0n) is 35.3. The van der Waals surface area contributed by atoms with Gasteiger partial charge in [-0.25, -0.2) is 0 Å². The first-order chi connectivity index (χ1) is 25.7. The number of ether oxygens (including phenoxy) is 2. The Morgan fingerprint density at radius 2 is 0.808 bits per heavy atom. The number of hydrogen-bond donors (Lipinski definition) is 1. The second-order valence-electron chi connectivity index (χ2n) is 15.8. The maximum absolute atomic E-state index is 12.2. The lowest BCUT2D eigenvalue weighted by Gasteiger charge is -2.16. The third-order valence-electron chi connectivity index (χ3n) is 10.5. The van der Waals surface area contributed by atoms with Crippen molar-refractivity contribution >= 4 is 5.97 Å². The van der Waals surface area contributed by atoms with Gasteiger partial charge in [0.05, 0.1) is 13.2 Å².